The quantitative estimate of drug-likeness (QED) is 0.416. The molecule has 2 heteroatoms. The van der Waals surface area contributed by atoms with Gasteiger partial charge in [-0.3, -0.25) is 0 Å². The number of hydrogen-bond donors (Lipinski definition) is 0. The van der Waals surface area contributed by atoms with Crippen molar-refractivity contribution in [2.24, 2.45) is 0 Å². The van der Waals surface area contributed by atoms with Crippen molar-refractivity contribution in [3.05, 3.63) is 42.5 Å². The lowest BCUT2D eigenvalue weighted by Crippen LogP contribution is -2.03. The van der Waals surface area contributed by atoms with Gasteiger partial charge in [0.15, 0.2) is 0 Å². The van der Waals surface area contributed by atoms with Crippen LogP contribution in [0.15, 0.2) is 36.9 Å². The number of methoxy groups -OCH3 is 1. The second-order valence-corrected chi connectivity index (χ2v) is 4.18. The van der Waals surface area contributed by atoms with Gasteiger partial charge in [0, 0.05) is 19.1 Å². The van der Waals surface area contributed by atoms with Gasteiger partial charge in [-0.15, -0.1) is 5.92 Å². The van der Waals surface area contributed by atoms with Crippen LogP contribution < -0.4 is 4.74 Å². The topological polar surface area (TPSA) is 18.5 Å². The average molecular weight is 258 g/mol. The van der Waals surface area contributed by atoms with Gasteiger partial charge in [-0.25, -0.2) is 0 Å². The zero-order valence-corrected chi connectivity index (χ0v) is 11.8. The molecule has 19 heavy (non-hydrogen) atoms. The van der Waals surface area contributed by atoms with Crippen LogP contribution in [0.3, 0.4) is 0 Å². The van der Waals surface area contributed by atoms with E-state index in [1.807, 2.05) is 24.3 Å². The summed E-state index contributed by atoms with van der Waals surface area (Å²) in [6.07, 6.45) is 4.68. The first-order valence-electron chi connectivity index (χ1n) is 6.67. The van der Waals surface area contributed by atoms with E-state index in [0.717, 1.165) is 30.6 Å². The van der Waals surface area contributed by atoms with Gasteiger partial charge < -0.3 is 9.47 Å². The lowest BCUT2D eigenvalue weighted by molar-refractivity contribution is 0.147. The number of benzene rings is 1. The molecule has 1 unspecified atom stereocenters. The fourth-order valence-electron chi connectivity index (χ4n) is 1.67. The van der Waals surface area contributed by atoms with Crippen molar-refractivity contribution in [1.82, 2.24) is 0 Å². The first-order valence-corrected chi connectivity index (χ1v) is 6.67. The van der Waals surface area contributed by atoms with Gasteiger partial charge in [-0.1, -0.05) is 50.1 Å². The maximum Gasteiger partial charge on any atom is 0.146 e. The summed E-state index contributed by atoms with van der Waals surface area (Å²) in [6.45, 7) is 6.30. The predicted molar refractivity (Wildman–Crippen MR) is 79.2 cm³/mol. The lowest BCUT2D eigenvalue weighted by atomic mass is 10.1. The number of ether oxygens (including phenoxy) is 2. The van der Waals surface area contributed by atoms with Gasteiger partial charge in [0.05, 0.1) is 0 Å². The van der Waals surface area contributed by atoms with E-state index in [-0.39, 0.29) is 6.10 Å². The zero-order valence-electron chi connectivity index (χ0n) is 11.8. The Kier molecular flexibility index (Phi) is 7.46. The van der Waals surface area contributed by atoms with Crippen molar-refractivity contribution in [1.29, 1.82) is 0 Å². The molecule has 0 amide bonds. The number of rotatable bonds is 7. The molecule has 0 radical (unpaired) electrons. The third kappa shape index (κ3) is 5.19. The molecule has 1 rings (SSSR count). The van der Waals surface area contributed by atoms with Crippen molar-refractivity contribution in [3.63, 3.8) is 0 Å². The molecule has 0 saturated heterocycles. The summed E-state index contributed by atoms with van der Waals surface area (Å²) in [4.78, 5) is 0. The number of para-hydroxylation sites is 1. The Morgan fingerprint density at radius 1 is 1.37 bits per heavy atom. The van der Waals surface area contributed by atoms with Gasteiger partial charge in [0.1, 0.15) is 18.5 Å². The number of hydrogen-bond acceptors (Lipinski definition) is 2. The van der Waals surface area contributed by atoms with Crippen molar-refractivity contribution >= 4 is 0 Å². The Morgan fingerprint density at radius 2 is 2.16 bits per heavy atom. The van der Waals surface area contributed by atoms with Crippen LogP contribution in [0.1, 0.15) is 37.9 Å². The Labute approximate surface area is 116 Å². The highest BCUT2D eigenvalue weighted by Gasteiger charge is 2.12. The third-order valence-corrected chi connectivity index (χ3v) is 2.68. The normalized spacial score (nSPS) is 11.3. The molecule has 0 bridgehead atoms. The molecule has 0 aliphatic carbocycles. The van der Waals surface area contributed by atoms with Crippen molar-refractivity contribution in [3.8, 4) is 17.6 Å². The van der Waals surface area contributed by atoms with Crippen LogP contribution in [0.25, 0.3) is 0 Å². The van der Waals surface area contributed by atoms with Gasteiger partial charge in [-0.05, 0) is 12.5 Å². The first-order chi connectivity index (χ1) is 9.33. The summed E-state index contributed by atoms with van der Waals surface area (Å²) in [7, 11) is 1.67. The molecule has 0 spiro atoms. The lowest BCUT2D eigenvalue weighted by Gasteiger charge is -2.14. The molecule has 102 valence electrons. The van der Waals surface area contributed by atoms with E-state index in [2.05, 4.69) is 25.3 Å². The van der Waals surface area contributed by atoms with Crippen molar-refractivity contribution in [2.45, 2.75) is 32.3 Å². The highest BCUT2D eigenvalue weighted by atomic mass is 16.5. The predicted octanol–water partition coefficient (Wildman–Crippen LogP) is 4.13. The number of unbranched alkanes of at least 4 members (excludes halogenated alkanes) is 2. The van der Waals surface area contributed by atoms with E-state index in [4.69, 9.17) is 9.47 Å². The molecule has 0 fully saturated rings. The fraction of sp³-hybridized carbons (Fsp3) is 0.412. The van der Waals surface area contributed by atoms with Crippen LogP contribution in [0.2, 0.25) is 0 Å². The molecular weight excluding hydrogens is 236 g/mol. The fourth-order valence-corrected chi connectivity index (χ4v) is 1.67. The van der Waals surface area contributed by atoms with E-state index in [1.54, 1.807) is 13.2 Å². The molecule has 1 atom stereocenters. The van der Waals surface area contributed by atoms with Crippen LogP contribution in [-0.4, -0.2) is 13.7 Å². The minimum Gasteiger partial charge on any atom is -0.489 e. The largest absolute Gasteiger partial charge is 0.489 e. The minimum atomic E-state index is -0.238. The molecule has 0 heterocycles. The standard InChI is InChI=1S/C17H22O2/c1-4-6-7-8-12-16(18-3)15-11-9-10-13-17(15)19-14-5-2/h5,9-11,13,16H,2,4,6-7,14H2,1,3H3. The maximum atomic E-state index is 5.63. The van der Waals surface area contributed by atoms with Crippen LogP contribution in [-0.2, 0) is 4.74 Å². The van der Waals surface area contributed by atoms with Crippen molar-refractivity contribution < 1.29 is 9.47 Å². The molecule has 1 aromatic rings. The average Bonchev–Trinajstić information content (AvgIpc) is 2.46. The summed E-state index contributed by atoms with van der Waals surface area (Å²) < 4.78 is 11.1. The van der Waals surface area contributed by atoms with E-state index in [9.17, 15) is 0 Å². The highest BCUT2D eigenvalue weighted by molar-refractivity contribution is 5.39. The molecule has 0 aromatic heterocycles. The smallest absolute Gasteiger partial charge is 0.146 e. The van der Waals surface area contributed by atoms with Crippen LogP contribution >= 0.6 is 0 Å². The molecule has 0 N–H and O–H groups in total. The maximum absolute atomic E-state index is 5.63. The second kappa shape index (κ2) is 9.24. The molecule has 2 nitrogen and oxygen atoms in total. The molecule has 0 saturated carbocycles. The SMILES string of the molecule is C=CCOc1ccccc1C(C#CCCCC)OC. The first kappa shape index (κ1) is 15.3. The Morgan fingerprint density at radius 3 is 2.84 bits per heavy atom. The second-order valence-electron chi connectivity index (χ2n) is 4.18. The van der Waals surface area contributed by atoms with E-state index in [0.29, 0.717) is 6.61 Å². The van der Waals surface area contributed by atoms with Gasteiger partial charge in [0.25, 0.3) is 0 Å². The molecule has 1 aromatic carbocycles. The summed E-state index contributed by atoms with van der Waals surface area (Å²) in [5.74, 6) is 7.13. The Balaban J connectivity index is 2.83. The van der Waals surface area contributed by atoms with Gasteiger partial charge in [0.2, 0.25) is 0 Å². The third-order valence-electron chi connectivity index (χ3n) is 2.68. The minimum absolute atomic E-state index is 0.238. The summed E-state index contributed by atoms with van der Waals surface area (Å²) >= 11 is 0. The highest BCUT2D eigenvalue weighted by Crippen LogP contribution is 2.26. The molecule has 0 aliphatic heterocycles. The Hall–Kier alpha value is -1.72. The summed E-state index contributed by atoms with van der Waals surface area (Å²) in [6, 6.07) is 7.83. The van der Waals surface area contributed by atoms with Gasteiger partial charge >= 0.3 is 0 Å². The zero-order chi connectivity index (χ0) is 13.9. The Bertz CT molecular complexity index is 440. The molecule has 0 aliphatic rings. The monoisotopic (exact) mass is 258 g/mol. The van der Waals surface area contributed by atoms with E-state index >= 15 is 0 Å². The van der Waals surface area contributed by atoms with E-state index < -0.39 is 0 Å². The van der Waals surface area contributed by atoms with Crippen LogP contribution in [0.4, 0.5) is 0 Å². The van der Waals surface area contributed by atoms with Crippen molar-refractivity contribution in [2.75, 3.05) is 13.7 Å². The summed E-state index contributed by atoms with van der Waals surface area (Å²) in [5.41, 5.74) is 0.968. The van der Waals surface area contributed by atoms with Crippen LogP contribution in [0.5, 0.6) is 5.75 Å². The summed E-state index contributed by atoms with van der Waals surface area (Å²) in [5, 5.41) is 0. The van der Waals surface area contributed by atoms with Gasteiger partial charge in [-0.2, -0.15) is 0 Å². The van der Waals surface area contributed by atoms with Crippen LogP contribution in [0, 0.1) is 11.8 Å². The molecular formula is C17H22O2. The van der Waals surface area contributed by atoms with E-state index in [1.165, 1.54) is 0 Å².